The average molecular weight is 309 g/mol. The summed E-state index contributed by atoms with van der Waals surface area (Å²) >= 11 is 0. The second kappa shape index (κ2) is 9.22. The Morgan fingerprint density at radius 2 is 1.95 bits per heavy atom. The first-order chi connectivity index (χ1) is 10.6. The number of nitrogens with two attached hydrogens (primary N) is 1. The Balaban J connectivity index is 0.00000116. The second-order valence-electron chi connectivity index (χ2n) is 4.69. The zero-order valence-corrected chi connectivity index (χ0v) is 14.0. The number of carbonyl (C=O) groups excluding carboxylic acids is 1. The maximum Gasteiger partial charge on any atom is 0.319 e. The maximum absolute atomic E-state index is 11.2. The topological polar surface area (TPSA) is 74.4 Å². The molecular weight excluding hydrogens is 282 g/mol. The summed E-state index contributed by atoms with van der Waals surface area (Å²) in [4.78, 5) is 15.5. The van der Waals surface area contributed by atoms with Gasteiger partial charge in [-0.3, -0.25) is 9.69 Å². The number of carbonyl (C=O) groups is 1. The Kier molecular flexibility index (Phi) is 7.62. The molecular formula is C15H27N5O2. The van der Waals surface area contributed by atoms with Crippen molar-refractivity contribution in [2.45, 2.75) is 20.8 Å². The van der Waals surface area contributed by atoms with Gasteiger partial charge in [0.25, 0.3) is 0 Å². The van der Waals surface area contributed by atoms with Gasteiger partial charge in [-0.25, -0.2) is 5.84 Å². The van der Waals surface area contributed by atoms with Crippen LogP contribution in [-0.4, -0.2) is 66.6 Å². The molecule has 2 rings (SSSR count). The van der Waals surface area contributed by atoms with E-state index in [4.69, 9.17) is 5.84 Å². The minimum atomic E-state index is -0.195. The first-order valence-corrected chi connectivity index (χ1v) is 7.66. The summed E-state index contributed by atoms with van der Waals surface area (Å²) in [6, 6.07) is 0. The highest BCUT2D eigenvalue weighted by atomic mass is 16.5. The van der Waals surface area contributed by atoms with Crippen LogP contribution < -0.4 is 5.84 Å². The van der Waals surface area contributed by atoms with Crippen LogP contribution in [-0.2, 0) is 9.53 Å². The lowest BCUT2D eigenvalue weighted by molar-refractivity contribution is -0.142. The van der Waals surface area contributed by atoms with Crippen LogP contribution in [0.15, 0.2) is 29.0 Å². The molecule has 0 radical (unpaired) electrons. The highest BCUT2D eigenvalue weighted by molar-refractivity contribution is 5.94. The number of allylic oxidation sites excluding steroid dienone is 2. The third-order valence-electron chi connectivity index (χ3n) is 3.45. The van der Waals surface area contributed by atoms with E-state index in [0.717, 1.165) is 37.7 Å². The van der Waals surface area contributed by atoms with Gasteiger partial charge in [0.05, 0.1) is 19.4 Å². The predicted molar refractivity (Wildman–Crippen MR) is 87.7 cm³/mol. The first kappa shape index (κ1) is 18.2. The smallest absolute Gasteiger partial charge is 0.319 e. The Bertz CT molecular complexity index is 451. The lowest BCUT2D eigenvalue weighted by atomic mass is 10.2. The molecule has 2 heterocycles. The number of piperazine rings is 1. The van der Waals surface area contributed by atoms with E-state index >= 15 is 0 Å². The van der Waals surface area contributed by atoms with E-state index < -0.39 is 0 Å². The fourth-order valence-electron chi connectivity index (χ4n) is 2.22. The molecule has 2 N–H and O–H groups in total. The van der Waals surface area contributed by atoms with E-state index in [9.17, 15) is 4.79 Å². The SMILES string of the molecule is C/C=C1\C=CC(N2CCN(CC(=O)OC)CC2)=NN1N.CC. The molecule has 0 aromatic carbocycles. The molecule has 124 valence electrons. The van der Waals surface area contributed by atoms with Crippen LogP contribution in [0.25, 0.3) is 0 Å². The molecule has 7 nitrogen and oxygen atoms in total. The number of hydrogen-bond acceptors (Lipinski definition) is 7. The lowest BCUT2D eigenvalue weighted by Crippen LogP contribution is -2.50. The highest BCUT2D eigenvalue weighted by Gasteiger charge is 2.22. The van der Waals surface area contributed by atoms with Crippen LogP contribution in [0, 0.1) is 0 Å². The Labute approximate surface area is 132 Å². The third kappa shape index (κ3) is 4.85. The van der Waals surface area contributed by atoms with Crippen LogP contribution in [0.4, 0.5) is 0 Å². The predicted octanol–water partition coefficient (Wildman–Crippen LogP) is 0.766. The summed E-state index contributed by atoms with van der Waals surface area (Å²) in [7, 11) is 1.41. The highest BCUT2D eigenvalue weighted by Crippen LogP contribution is 2.12. The van der Waals surface area contributed by atoms with Gasteiger partial charge in [-0.1, -0.05) is 19.9 Å². The lowest BCUT2D eigenvalue weighted by Gasteiger charge is -2.36. The minimum Gasteiger partial charge on any atom is -0.468 e. The van der Waals surface area contributed by atoms with Crippen LogP contribution in [0.1, 0.15) is 20.8 Å². The van der Waals surface area contributed by atoms with E-state index in [2.05, 4.69) is 19.6 Å². The number of rotatable bonds is 2. The number of hydrazone groups is 1. The van der Waals surface area contributed by atoms with Crippen molar-refractivity contribution in [1.29, 1.82) is 0 Å². The Morgan fingerprint density at radius 1 is 1.32 bits per heavy atom. The number of hydrogen-bond donors (Lipinski definition) is 1. The van der Waals surface area contributed by atoms with Gasteiger partial charge in [-0.15, -0.1) is 5.10 Å². The number of amidine groups is 1. The zero-order chi connectivity index (χ0) is 16.5. The van der Waals surface area contributed by atoms with Crippen molar-refractivity contribution >= 4 is 11.8 Å². The van der Waals surface area contributed by atoms with Crippen LogP contribution in [0.5, 0.6) is 0 Å². The number of esters is 1. The van der Waals surface area contributed by atoms with Gasteiger partial charge < -0.3 is 9.64 Å². The van der Waals surface area contributed by atoms with Gasteiger partial charge in [-0.05, 0) is 19.1 Å². The zero-order valence-electron chi connectivity index (χ0n) is 14.0. The molecule has 0 aromatic rings. The summed E-state index contributed by atoms with van der Waals surface area (Å²) in [5.74, 6) is 6.49. The van der Waals surface area contributed by atoms with Gasteiger partial charge in [0.1, 0.15) is 0 Å². The molecule has 22 heavy (non-hydrogen) atoms. The molecule has 2 aliphatic rings. The van der Waals surface area contributed by atoms with Crippen LogP contribution in [0.2, 0.25) is 0 Å². The molecule has 1 saturated heterocycles. The van der Waals surface area contributed by atoms with E-state index in [1.54, 1.807) is 0 Å². The summed E-state index contributed by atoms with van der Waals surface area (Å²) in [5.41, 5.74) is 0.873. The van der Waals surface area contributed by atoms with E-state index in [0.29, 0.717) is 6.54 Å². The van der Waals surface area contributed by atoms with E-state index in [1.807, 2.05) is 39.0 Å². The molecule has 0 bridgehead atoms. The molecule has 0 saturated carbocycles. The summed E-state index contributed by atoms with van der Waals surface area (Å²) < 4.78 is 4.68. The van der Waals surface area contributed by atoms with Crippen LogP contribution >= 0.6 is 0 Å². The van der Waals surface area contributed by atoms with E-state index in [1.165, 1.54) is 12.2 Å². The third-order valence-corrected chi connectivity index (χ3v) is 3.45. The van der Waals surface area contributed by atoms with E-state index in [-0.39, 0.29) is 5.97 Å². The maximum atomic E-state index is 11.2. The summed E-state index contributed by atoms with van der Waals surface area (Å²) in [5, 5.41) is 5.73. The standard InChI is InChI=1S/C13H21N5O2.C2H6/c1-3-11-4-5-12(15-18(11)14)17-8-6-16(7-9-17)10-13(19)20-2;1-2/h3-5H,6-10,14H2,1-2H3;1-2H3/b11-3+;. The summed E-state index contributed by atoms with van der Waals surface area (Å²) in [6.45, 7) is 9.52. The molecule has 0 spiro atoms. The van der Waals surface area contributed by atoms with Gasteiger partial charge in [0.15, 0.2) is 5.84 Å². The quantitative estimate of drug-likeness (QED) is 0.600. The van der Waals surface area contributed by atoms with Gasteiger partial charge in [0.2, 0.25) is 0 Å². The Morgan fingerprint density at radius 3 is 2.45 bits per heavy atom. The van der Waals surface area contributed by atoms with Crippen molar-refractivity contribution in [2.24, 2.45) is 10.9 Å². The van der Waals surface area contributed by atoms with Gasteiger partial charge >= 0.3 is 5.97 Å². The molecule has 0 unspecified atom stereocenters. The second-order valence-corrected chi connectivity index (χ2v) is 4.69. The Hall–Kier alpha value is -1.86. The average Bonchev–Trinajstić information content (AvgIpc) is 2.57. The van der Waals surface area contributed by atoms with Crippen molar-refractivity contribution in [3.05, 3.63) is 23.9 Å². The normalized spacial score (nSPS) is 20.4. The van der Waals surface area contributed by atoms with Crippen LogP contribution in [0.3, 0.4) is 0 Å². The van der Waals surface area contributed by atoms with Gasteiger partial charge in [-0.2, -0.15) is 5.12 Å². The fourth-order valence-corrected chi connectivity index (χ4v) is 2.22. The number of methoxy groups -OCH3 is 1. The van der Waals surface area contributed by atoms with Crippen molar-refractivity contribution in [3.8, 4) is 0 Å². The number of nitrogens with zero attached hydrogens (tertiary/aromatic N) is 4. The van der Waals surface area contributed by atoms with Crippen molar-refractivity contribution < 1.29 is 9.53 Å². The monoisotopic (exact) mass is 309 g/mol. The van der Waals surface area contributed by atoms with Crippen molar-refractivity contribution in [3.63, 3.8) is 0 Å². The molecule has 0 amide bonds. The molecule has 2 aliphatic heterocycles. The molecule has 0 aromatic heterocycles. The molecule has 7 heteroatoms. The van der Waals surface area contributed by atoms with Crippen molar-refractivity contribution in [2.75, 3.05) is 39.8 Å². The van der Waals surface area contributed by atoms with Crippen molar-refractivity contribution in [1.82, 2.24) is 14.9 Å². The van der Waals surface area contributed by atoms with Gasteiger partial charge in [0, 0.05) is 26.2 Å². The number of ether oxygens (including phenoxy) is 1. The minimum absolute atomic E-state index is 0.195. The molecule has 0 aliphatic carbocycles. The summed E-state index contributed by atoms with van der Waals surface area (Å²) in [6.07, 6.45) is 5.82. The molecule has 0 atom stereocenters. The largest absolute Gasteiger partial charge is 0.468 e. The first-order valence-electron chi connectivity index (χ1n) is 7.66. The fraction of sp³-hybridized carbons (Fsp3) is 0.600. The molecule has 1 fully saturated rings. The number of hydrazine groups is 1.